The standard InChI is InChI=1S/C15H29NO2/c1-10-7-8-12(14(17)18)13(9-10)16(6)11(2)15(3,4)5/h10-13H,7-9H2,1-6H3,(H,17,18). The molecule has 3 nitrogen and oxygen atoms in total. The van der Waals surface area contributed by atoms with Crippen molar-refractivity contribution in [2.75, 3.05) is 7.05 Å². The number of aliphatic carboxylic acids is 1. The van der Waals surface area contributed by atoms with Gasteiger partial charge in [-0.2, -0.15) is 0 Å². The molecule has 0 amide bonds. The van der Waals surface area contributed by atoms with Crippen LogP contribution in [-0.2, 0) is 4.79 Å². The van der Waals surface area contributed by atoms with Gasteiger partial charge in [0, 0.05) is 12.1 Å². The zero-order valence-electron chi connectivity index (χ0n) is 12.7. The maximum absolute atomic E-state index is 11.4. The minimum absolute atomic E-state index is 0.179. The van der Waals surface area contributed by atoms with Crippen LogP contribution in [0.2, 0.25) is 0 Å². The van der Waals surface area contributed by atoms with Crippen molar-refractivity contribution >= 4 is 5.97 Å². The lowest BCUT2D eigenvalue weighted by Gasteiger charge is -2.45. The summed E-state index contributed by atoms with van der Waals surface area (Å²) in [5.41, 5.74) is 0.179. The van der Waals surface area contributed by atoms with Crippen LogP contribution in [0.15, 0.2) is 0 Å². The number of hydrogen-bond acceptors (Lipinski definition) is 2. The van der Waals surface area contributed by atoms with E-state index in [2.05, 4.69) is 46.6 Å². The Morgan fingerprint density at radius 1 is 1.33 bits per heavy atom. The van der Waals surface area contributed by atoms with Crippen LogP contribution < -0.4 is 0 Å². The summed E-state index contributed by atoms with van der Waals surface area (Å²) in [6.45, 7) is 11.1. The number of carbonyl (C=O) groups is 1. The smallest absolute Gasteiger partial charge is 0.308 e. The Bertz CT molecular complexity index is 295. The van der Waals surface area contributed by atoms with Crippen LogP contribution in [0, 0.1) is 17.3 Å². The van der Waals surface area contributed by atoms with Crippen molar-refractivity contribution in [2.24, 2.45) is 17.3 Å². The first-order chi connectivity index (χ1) is 8.14. The van der Waals surface area contributed by atoms with Gasteiger partial charge in [0.05, 0.1) is 5.92 Å². The Hall–Kier alpha value is -0.570. The van der Waals surface area contributed by atoms with Gasteiger partial charge in [0.15, 0.2) is 0 Å². The van der Waals surface area contributed by atoms with Crippen LogP contribution >= 0.6 is 0 Å². The van der Waals surface area contributed by atoms with Gasteiger partial charge < -0.3 is 5.11 Å². The van der Waals surface area contributed by atoms with E-state index < -0.39 is 5.97 Å². The molecule has 0 heterocycles. The van der Waals surface area contributed by atoms with Crippen molar-refractivity contribution in [3.63, 3.8) is 0 Å². The highest BCUT2D eigenvalue weighted by Gasteiger charge is 2.39. The molecule has 1 saturated carbocycles. The molecular weight excluding hydrogens is 226 g/mol. The van der Waals surface area contributed by atoms with Crippen LogP contribution in [0.25, 0.3) is 0 Å². The Labute approximate surface area is 112 Å². The van der Waals surface area contributed by atoms with Crippen molar-refractivity contribution < 1.29 is 9.90 Å². The largest absolute Gasteiger partial charge is 0.481 e. The van der Waals surface area contributed by atoms with E-state index >= 15 is 0 Å². The second-order valence-electron chi connectivity index (χ2n) is 7.14. The summed E-state index contributed by atoms with van der Waals surface area (Å²) in [6, 6.07) is 0.565. The van der Waals surface area contributed by atoms with Gasteiger partial charge in [-0.3, -0.25) is 9.69 Å². The van der Waals surface area contributed by atoms with E-state index in [1.807, 2.05) is 0 Å². The number of carboxylic acid groups (broad SMARTS) is 1. The topological polar surface area (TPSA) is 40.5 Å². The highest BCUT2D eigenvalue weighted by atomic mass is 16.4. The van der Waals surface area contributed by atoms with Crippen molar-refractivity contribution in [2.45, 2.75) is 66.0 Å². The van der Waals surface area contributed by atoms with Gasteiger partial charge in [-0.05, 0) is 44.6 Å². The van der Waals surface area contributed by atoms with Crippen LogP contribution in [0.3, 0.4) is 0 Å². The van der Waals surface area contributed by atoms with E-state index in [9.17, 15) is 9.90 Å². The molecule has 1 fully saturated rings. The fraction of sp³-hybridized carbons (Fsp3) is 0.933. The van der Waals surface area contributed by atoms with E-state index in [0.29, 0.717) is 12.0 Å². The highest BCUT2D eigenvalue weighted by molar-refractivity contribution is 5.71. The first kappa shape index (κ1) is 15.5. The molecule has 0 aromatic rings. The molecule has 0 radical (unpaired) electrons. The van der Waals surface area contributed by atoms with Crippen molar-refractivity contribution in [3.05, 3.63) is 0 Å². The minimum Gasteiger partial charge on any atom is -0.481 e. The van der Waals surface area contributed by atoms with Crippen LogP contribution in [0.4, 0.5) is 0 Å². The second kappa shape index (κ2) is 5.60. The third-order valence-electron chi connectivity index (χ3n) is 4.78. The molecule has 1 aliphatic carbocycles. The summed E-state index contributed by atoms with van der Waals surface area (Å²) < 4.78 is 0. The van der Waals surface area contributed by atoms with Gasteiger partial charge in [0.1, 0.15) is 0 Å². The van der Waals surface area contributed by atoms with Gasteiger partial charge in [-0.1, -0.05) is 27.7 Å². The average molecular weight is 255 g/mol. The number of hydrogen-bond donors (Lipinski definition) is 1. The molecule has 1 rings (SSSR count). The lowest BCUT2D eigenvalue weighted by Crippen LogP contribution is -2.52. The summed E-state index contributed by atoms with van der Waals surface area (Å²) in [7, 11) is 2.09. The van der Waals surface area contributed by atoms with Crippen LogP contribution in [0.5, 0.6) is 0 Å². The predicted octanol–water partition coefficient (Wildman–Crippen LogP) is 3.24. The van der Waals surface area contributed by atoms with Gasteiger partial charge in [-0.15, -0.1) is 0 Å². The third-order valence-corrected chi connectivity index (χ3v) is 4.78. The molecular formula is C15H29NO2. The SMILES string of the molecule is CC1CCC(C(=O)O)C(N(C)C(C)C(C)(C)C)C1. The first-order valence-corrected chi connectivity index (χ1v) is 7.09. The monoisotopic (exact) mass is 255 g/mol. The second-order valence-corrected chi connectivity index (χ2v) is 7.14. The molecule has 1 aliphatic rings. The zero-order chi connectivity index (χ0) is 14.1. The first-order valence-electron chi connectivity index (χ1n) is 7.09. The highest BCUT2D eigenvalue weighted by Crippen LogP contribution is 2.35. The summed E-state index contributed by atoms with van der Waals surface area (Å²) in [6.07, 6.45) is 2.88. The molecule has 4 atom stereocenters. The molecule has 18 heavy (non-hydrogen) atoms. The van der Waals surface area contributed by atoms with Crippen LogP contribution in [-0.4, -0.2) is 35.1 Å². The van der Waals surface area contributed by atoms with E-state index in [-0.39, 0.29) is 17.4 Å². The maximum Gasteiger partial charge on any atom is 0.308 e. The Kier molecular flexibility index (Phi) is 4.82. The number of rotatable bonds is 3. The Balaban J connectivity index is 2.85. The molecule has 0 spiro atoms. The summed E-state index contributed by atoms with van der Waals surface area (Å²) in [5.74, 6) is -0.184. The predicted molar refractivity (Wildman–Crippen MR) is 74.6 cm³/mol. The van der Waals surface area contributed by atoms with Crippen molar-refractivity contribution in [1.82, 2.24) is 4.90 Å². The third kappa shape index (κ3) is 3.47. The van der Waals surface area contributed by atoms with E-state index in [1.165, 1.54) is 0 Å². The molecule has 3 heteroatoms. The summed E-state index contributed by atoms with van der Waals surface area (Å²) in [5, 5.41) is 9.40. The normalized spacial score (nSPS) is 31.4. The molecule has 0 bridgehead atoms. The number of nitrogens with zero attached hydrogens (tertiary/aromatic N) is 1. The van der Waals surface area contributed by atoms with Gasteiger partial charge in [-0.25, -0.2) is 0 Å². The molecule has 0 saturated heterocycles. The quantitative estimate of drug-likeness (QED) is 0.841. The minimum atomic E-state index is -0.625. The molecule has 106 valence electrons. The Morgan fingerprint density at radius 3 is 2.33 bits per heavy atom. The zero-order valence-corrected chi connectivity index (χ0v) is 12.7. The maximum atomic E-state index is 11.4. The fourth-order valence-corrected chi connectivity index (χ4v) is 2.99. The fourth-order valence-electron chi connectivity index (χ4n) is 2.99. The lowest BCUT2D eigenvalue weighted by molar-refractivity contribution is -0.146. The molecule has 0 aromatic carbocycles. The molecule has 0 aromatic heterocycles. The summed E-state index contributed by atoms with van der Waals surface area (Å²) in [4.78, 5) is 13.7. The van der Waals surface area contributed by atoms with Gasteiger partial charge in [0.2, 0.25) is 0 Å². The molecule has 0 aliphatic heterocycles. The van der Waals surface area contributed by atoms with Gasteiger partial charge >= 0.3 is 5.97 Å². The van der Waals surface area contributed by atoms with Crippen molar-refractivity contribution in [3.8, 4) is 0 Å². The van der Waals surface area contributed by atoms with Gasteiger partial charge in [0.25, 0.3) is 0 Å². The van der Waals surface area contributed by atoms with E-state index in [4.69, 9.17) is 0 Å². The molecule has 4 unspecified atom stereocenters. The average Bonchev–Trinajstić information content (AvgIpc) is 2.25. The van der Waals surface area contributed by atoms with E-state index in [1.54, 1.807) is 0 Å². The summed E-state index contributed by atoms with van der Waals surface area (Å²) >= 11 is 0. The Morgan fingerprint density at radius 2 is 1.89 bits per heavy atom. The molecule has 1 N–H and O–H groups in total. The number of carboxylic acids is 1. The van der Waals surface area contributed by atoms with Crippen molar-refractivity contribution in [1.29, 1.82) is 0 Å². The van der Waals surface area contributed by atoms with Crippen LogP contribution in [0.1, 0.15) is 53.9 Å². The van der Waals surface area contributed by atoms with E-state index in [0.717, 1.165) is 19.3 Å². The lowest BCUT2D eigenvalue weighted by atomic mass is 9.76.